The SMILES string of the molecule is Cc1cccc(C)c1C(=O)C(c1ccccc1)P(=O)(O)O. The van der Waals surface area contributed by atoms with Crippen LogP contribution in [0.2, 0.25) is 0 Å². The Hall–Kier alpha value is -1.74. The third-order valence-corrected chi connectivity index (χ3v) is 4.63. The van der Waals surface area contributed by atoms with Gasteiger partial charge >= 0.3 is 7.60 Å². The van der Waals surface area contributed by atoms with E-state index in [-0.39, 0.29) is 0 Å². The summed E-state index contributed by atoms with van der Waals surface area (Å²) in [6, 6.07) is 13.5. The van der Waals surface area contributed by atoms with E-state index in [1.807, 2.05) is 6.07 Å². The van der Waals surface area contributed by atoms with Gasteiger partial charge in [-0.05, 0) is 30.5 Å². The first-order valence-electron chi connectivity index (χ1n) is 6.53. The van der Waals surface area contributed by atoms with Gasteiger partial charge in [0.25, 0.3) is 0 Å². The number of hydrogen-bond donors (Lipinski definition) is 2. The van der Waals surface area contributed by atoms with Gasteiger partial charge in [-0.15, -0.1) is 0 Å². The van der Waals surface area contributed by atoms with Crippen molar-refractivity contribution in [1.82, 2.24) is 0 Å². The third-order valence-electron chi connectivity index (χ3n) is 3.43. The Bertz CT molecular complexity index is 683. The summed E-state index contributed by atoms with van der Waals surface area (Å²) in [5, 5.41) is 0. The van der Waals surface area contributed by atoms with Crippen molar-refractivity contribution in [2.45, 2.75) is 19.5 Å². The zero-order valence-electron chi connectivity index (χ0n) is 11.9. The molecule has 0 aliphatic heterocycles. The molecular weight excluding hydrogens is 287 g/mol. The molecule has 0 spiro atoms. The highest BCUT2D eigenvalue weighted by Gasteiger charge is 2.38. The van der Waals surface area contributed by atoms with Crippen LogP contribution in [0.1, 0.15) is 32.7 Å². The molecule has 0 amide bonds. The molecule has 4 nitrogen and oxygen atoms in total. The predicted octanol–water partition coefficient (Wildman–Crippen LogP) is 3.41. The number of hydrogen-bond acceptors (Lipinski definition) is 2. The molecule has 21 heavy (non-hydrogen) atoms. The first-order chi connectivity index (χ1) is 9.82. The number of ketones is 1. The van der Waals surface area contributed by atoms with Crippen LogP contribution in [0.5, 0.6) is 0 Å². The number of benzene rings is 2. The molecule has 0 fully saturated rings. The van der Waals surface area contributed by atoms with E-state index in [2.05, 4.69) is 0 Å². The van der Waals surface area contributed by atoms with Crippen LogP contribution in [0, 0.1) is 13.8 Å². The van der Waals surface area contributed by atoms with Crippen molar-refractivity contribution in [3.05, 3.63) is 70.8 Å². The van der Waals surface area contributed by atoms with E-state index in [0.29, 0.717) is 11.1 Å². The number of aryl methyl sites for hydroxylation is 2. The zero-order chi connectivity index (χ0) is 15.6. The Labute approximate surface area is 123 Å². The molecule has 0 aliphatic rings. The molecule has 0 aromatic heterocycles. The van der Waals surface area contributed by atoms with Crippen molar-refractivity contribution in [2.24, 2.45) is 0 Å². The van der Waals surface area contributed by atoms with Crippen LogP contribution in [-0.2, 0) is 4.57 Å². The Morgan fingerprint density at radius 2 is 1.48 bits per heavy atom. The van der Waals surface area contributed by atoms with Crippen molar-refractivity contribution in [2.75, 3.05) is 0 Å². The smallest absolute Gasteiger partial charge is 0.324 e. The summed E-state index contributed by atoms with van der Waals surface area (Å²) < 4.78 is 11.8. The lowest BCUT2D eigenvalue weighted by Gasteiger charge is -2.20. The van der Waals surface area contributed by atoms with Crippen LogP contribution in [0.15, 0.2) is 48.5 Å². The largest absolute Gasteiger partial charge is 0.340 e. The highest BCUT2D eigenvalue weighted by molar-refractivity contribution is 7.53. The molecule has 0 saturated heterocycles. The summed E-state index contributed by atoms with van der Waals surface area (Å²) in [5.74, 6) is -0.537. The molecule has 0 saturated carbocycles. The van der Waals surface area contributed by atoms with E-state index < -0.39 is 19.0 Å². The standard InChI is InChI=1S/C16H17O4P/c1-11-7-6-8-12(2)14(11)15(17)16(21(18,19)20)13-9-4-3-5-10-13/h3-10,16H,1-2H3,(H2,18,19,20). The summed E-state index contributed by atoms with van der Waals surface area (Å²) >= 11 is 0. The molecule has 1 unspecified atom stereocenters. The van der Waals surface area contributed by atoms with Crippen LogP contribution in [0.3, 0.4) is 0 Å². The molecule has 0 heterocycles. The summed E-state index contributed by atoms with van der Waals surface area (Å²) in [6.07, 6.45) is 0. The van der Waals surface area contributed by atoms with Gasteiger partial charge in [0.05, 0.1) is 0 Å². The summed E-state index contributed by atoms with van der Waals surface area (Å²) in [4.78, 5) is 32.0. The van der Waals surface area contributed by atoms with Gasteiger partial charge in [0, 0.05) is 5.56 Å². The van der Waals surface area contributed by atoms with Crippen LogP contribution in [0.25, 0.3) is 0 Å². The minimum absolute atomic E-state index is 0.332. The van der Waals surface area contributed by atoms with Gasteiger partial charge in [-0.1, -0.05) is 48.5 Å². The van der Waals surface area contributed by atoms with Crippen LogP contribution >= 0.6 is 7.60 Å². The van der Waals surface area contributed by atoms with Crippen molar-refractivity contribution in [3.8, 4) is 0 Å². The Morgan fingerprint density at radius 1 is 0.952 bits per heavy atom. The van der Waals surface area contributed by atoms with Gasteiger partial charge in [0.15, 0.2) is 5.78 Å². The second-order valence-electron chi connectivity index (χ2n) is 5.03. The Morgan fingerprint density at radius 3 is 1.95 bits per heavy atom. The fourth-order valence-corrected chi connectivity index (χ4v) is 3.47. The number of Topliss-reactive ketones (excluding diaryl/α,β-unsaturated/α-hetero) is 1. The lowest BCUT2D eigenvalue weighted by Crippen LogP contribution is -2.16. The highest BCUT2D eigenvalue weighted by Crippen LogP contribution is 2.53. The monoisotopic (exact) mass is 304 g/mol. The quantitative estimate of drug-likeness (QED) is 0.670. The van der Waals surface area contributed by atoms with Crippen LogP contribution in [0.4, 0.5) is 0 Å². The normalized spacial score (nSPS) is 13.0. The van der Waals surface area contributed by atoms with E-state index >= 15 is 0 Å². The molecule has 2 aromatic carbocycles. The number of carbonyl (C=O) groups is 1. The maximum absolute atomic E-state index is 12.7. The van der Waals surface area contributed by atoms with Crippen molar-refractivity contribution in [3.63, 3.8) is 0 Å². The first kappa shape index (κ1) is 15.6. The minimum Gasteiger partial charge on any atom is -0.324 e. The first-order valence-corrected chi connectivity index (χ1v) is 8.21. The van der Waals surface area contributed by atoms with E-state index in [1.54, 1.807) is 56.3 Å². The molecule has 1 atom stereocenters. The lowest BCUT2D eigenvalue weighted by molar-refractivity contribution is 0.0977. The topological polar surface area (TPSA) is 74.6 Å². The Balaban J connectivity index is 2.58. The van der Waals surface area contributed by atoms with E-state index in [1.165, 1.54) is 0 Å². The zero-order valence-corrected chi connectivity index (χ0v) is 12.7. The molecule has 2 aromatic rings. The minimum atomic E-state index is -4.61. The van der Waals surface area contributed by atoms with Crippen LogP contribution in [-0.4, -0.2) is 15.6 Å². The van der Waals surface area contributed by atoms with Gasteiger partial charge < -0.3 is 9.79 Å². The molecule has 0 bridgehead atoms. The third kappa shape index (κ3) is 3.30. The summed E-state index contributed by atoms with van der Waals surface area (Å²) in [6.45, 7) is 3.53. The van der Waals surface area contributed by atoms with Crippen LogP contribution < -0.4 is 0 Å². The fourth-order valence-electron chi connectivity index (χ4n) is 2.47. The molecular formula is C16H17O4P. The lowest BCUT2D eigenvalue weighted by atomic mass is 9.95. The molecule has 2 N–H and O–H groups in total. The molecule has 5 heteroatoms. The van der Waals surface area contributed by atoms with E-state index in [0.717, 1.165) is 11.1 Å². The van der Waals surface area contributed by atoms with Gasteiger partial charge in [-0.2, -0.15) is 0 Å². The second kappa shape index (κ2) is 5.94. The van der Waals surface area contributed by atoms with E-state index in [4.69, 9.17) is 0 Å². The number of rotatable bonds is 4. The van der Waals surface area contributed by atoms with Crippen molar-refractivity contribution < 1.29 is 19.1 Å². The van der Waals surface area contributed by atoms with Crippen molar-refractivity contribution >= 4 is 13.4 Å². The average Bonchev–Trinajstić information content (AvgIpc) is 2.38. The van der Waals surface area contributed by atoms with Gasteiger partial charge in [-0.3, -0.25) is 9.36 Å². The molecule has 0 radical (unpaired) electrons. The molecule has 0 aliphatic carbocycles. The highest BCUT2D eigenvalue weighted by atomic mass is 31.2. The van der Waals surface area contributed by atoms with Crippen molar-refractivity contribution in [1.29, 1.82) is 0 Å². The molecule has 2 rings (SSSR count). The Kier molecular flexibility index (Phi) is 4.43. The summed E-state index contributed by atoms with van der Waals surface area (Å²) in [5.41, 5.74) is 0.690. The maximum Gasteiger partial charge on any atom is 0.340 e. The number of carbonyl (C=O) groups excluding carboxylic acids is 1. The van der Waals surface area contributed by atoms with Gasteiger partial charge in [-0.25, -0.2) is 0 Å². The van der Waals surface area contributed by atoms with Gasteiger partial charge in [0.2, 0.25) is 0 Å². The van der Waals surface area contributed by atoms with Gasteiger partial charge in [0.1, 0.15) is 5.66 Å². The summed E-state index contributed by atoms with van der Waals surface area (Å²) in [7, 11) is -4.61. The molecule has 110 valence electrons. The van der Waals surface area contributed by atoms with E-state index in [9.17, 15) is 19.1 Å². The second-order valence-corrected chi connectivity index (χ2v) is 6.73. The average molecular weight is 304 g/mol. The maximum atomic E-state index is 12.7. The predicted molar refractivity (Wildman–Crippen MR) is 81.5 cm³/mol. The fraction of sp³-hybridized carbons (Fsp3) is 0.188.